The molecule has 0 aliphatic carbocycles. The first-order valence-corrected chi connectivity index (χ1v) is 18.6. The van der Waals surface area contributed by atoms with Gasteiger partial charge >= 0.3 is 0 Å². The van der Waals surface area contributed by atoms with Crippen LogP contribution >= 0.6 is 0 Å². The first kappa shape index (κ1) is 29.1. The van der Waals surface area contributed by atoms with E-state index in [4.69, 9.17) is 4.74 Å². The summed E-state index contributed by atoms with van der Waals surface area (Å²) >= 11 is 0. The van der Waals surface area contributed by atoms with E-state index in [2.05, 4.69) is 193 Å². The lowest BCUT2D eigenvalue weighted by molar-refractivity contribution is 0.486. The lowest BCUT2D eigenvalue weighted by atomic mass is 9.26. The maximum atomic E-state index is 6.77. The van der Waals surface area contributed by atoms with Crippen molar-refractivity contribution >= 4 is 68.0 Å². The molecular weight excluding hydrogens is 640 g/mol. The van der Waals surface area contributed by atoms with E-state index in [0.717, 1.165) is 11.5 Å². The first-order chi connectivity index (χ1) is 26.3. The Morgan fingerprint density at radius 2 is 0.887 bits per heavy atom. The number of fused-ring (bicyclic) bond motifs is 13. The Morgan fingerprint density at radius 1 is 0.377 bits per heavy atom. The summed E-state index contributed by atoms with van der Waals surface area (Å²) in [5.74, 6) is 1.90. The number of hydrogen-bond donors (Lipinski definition) is 0. The summed E-state index contributed by atoms with van der Waals surface area (Å²) in [6, 6.07) is 69.7. The number of benzene rings is 8. The van der Waals surface area contributed by atoms with Gasteiger partial charge in [-0.05, 0) is 69.0 Å². The van der Waals surface area contributed by atoms with Crippen LogP contribution in [-0.4, -0.2) is 18.0 Å². The molecule has 0 atom stereocenters. The van der Waals surface area contributed by atoms with Gasteiger partial charge in [-0.3, -0.25) is 0 Å². The Kier molecular flexibility index (Phi) is 5.91. The van der Waals surface area contributed by atoms with Crippen molar-refractivity contribution in [1.82, 2.24) is 4.57 Å². The van der Waals surface area contributed by atoms with Gasteiger partial charge in [-0.2, -0.15) is 0 Å². The van der Waals surface area contributed by atoms with Crippen LogP contribution in [-0.2, 0) is 5.41 Å². The van der Waals surface area contributed by atoms with Gasteiger partial charge in [-0.15, -0.1) is 0 Å². The van der Waals surface area contributed by atoms with Crippen molar-refractivity contribution in [3.8, 4) is 17.2 Å². The molecular formula is C49H31B2NO. The van der Waals surface area contributed by atoms with Crippen LogP contribution < -0.4 is 37.5 Å². The molecule has 3 aliphatic heterocycles. The van der Waals surface area contributed by atoms with Gasteiger partial charge in [0.1, 0.15) is 11.5 Å². The topological polar surface area (TPSA) is 14.2 Å². The number of hydrogen-bond acceptors (Lipinski definition) is 1. The Balaban J connectivity index is 1.21. The number of ether oxygens (including phenoxy) is 1. The molecule has 244 valence electrons. The SMILES string of the molecule is c1ccc(-n2c3ccccc3c3cccc(B4c5ccccc5C5(c6ccccc6B6c7ccccc7Oc7cccc5c76)c5ccccc54)c32)cc1. The van der Waals surface area contributed by atoms with Crippen LogP contribution in [0.2, 0.25) is 0 Å². The van der Waals surface area contributed by atoms with Crippen LogP contribution in [0, 0.1) is 0 Å². The zero-order valence-electron chi connectivity index (χ0n) is 28.9. The fraction of sp³-hybridized carbons (Fsp3) is 0.0204. The lowest BCUT2D eigenvalue weighted by Crippen LogP contribution is -2.68. The van der Waals surface area contributed by atoms with E-state index in [1.165, 1.54) is 82.5 Å². The zero-order chi connectivity index (χ0) is 34.7. The van der Waals surface area contributed by atoms with Crippen LogP contribution in [0.4, 0.5) is 0 Å². The molecule has 0 saturated heterocycles. The highest BCUT2D eigenvalue weighted by Crippen LogP contribution is 2.48. The van der Waals surface area contributed by atoms with Crippen molar-refractivity contribution in [3.63, 3.8) is 0 Å². The highest BCUT2D eigenvalue weighted by Gasteiger charge is 2.55. The largest absolute Gasteiger partial charge is 0.458 e. The normalized spacial score (nSPS) is 14.3. The van der Waals surface area contributed by atoms with Gasteiger partial charge in [0, 0.05) is 22.0 Å². The standard InChI is InChI=1S/C49H31B2NO/c1-2-16-32(17-3-1)52-44-29-12-4-18-33(44)34-19-14-28-43(48(34)52)50-39-24-8-5-20-35(39)49(36-21-6-9-25-40(36)50)37-22-7-10-26-41(37)51-42-27-11-13-30-45(42)53-46-31-15-23-38(49)47(46)51/h1-31H. The lowest BCUT2D eigenvalue weighted by Gasteiger charge is -2.50. The highest BCUT2D eigenvalue weighted by molar-refractivity contribution is 6.99. The Labute approximate surface area is 309 Å². The summed E-state index contributed by atoms with van der Waals surface area (Å²) < 4.78 is 9.25. The summed E-state index contributed by atoms with van der Waals surface area (Å²) in [5, 5.41) is 2.54. The van der Waals surface area contributed by atoms with Gasteiger partial charge in [0.2, 0.25) is 6.71 Å². The average Bonchev–Trinajstić information content (AvgIpc) is 3.57. The van der Waals surface area contributed by atoms with Crippen molar-refractivity contribution < 1.29 is 4.74 Å². The van der Waals surface area contributed by atoms with Crippen molar-refractivity contribution in [1.29, 1.82) is 0 Å². The van der Waals surface area contributed by atoms with Crippen molar-refractivity contribution in [2.24, 2.45) is 0 Å². The van der Waals surface area contributed by atoms with E-state index >= 15 is 0 Å². The third-order valence-electron chi connectivity index (χ3n) is 12.3. The molecule has 0 unspecified atom stereocenters. The predicted molar refractivity (Wildman–Crippen MR) is 221 cm³/mol. The van der Waals surface area contributed by atoms with E-state index in [1.54, 1.807) is 0 Å². The fourth-order valence-corrected chi connectivity index (χ4v) is 10.4. The summed E-state index contributed by atoms with van der Waals surface area (Å²) in [6.07, 6.45) is 0. The Morgan fingerprint density at radius 3 is 1.62 bits per heavy atom. The second-order valence-electron chi connectivity index (χ2n) is 14.7. The van der Waals surface area contributed by atoms with Gasteiger partial charge in [0.05, 0.1) is 10.9 Å². The molecule has 9 aromatic rings. The number of rotatable bonds is 2. The molecule has 0 fully saturated rings. The third-order valence-corrected chi connectivity index (χ3v) is 12.3. The van der Waals surface area contributed by atoms with E-state index in [9.17, 15) is 0 Å². The molecule has 4 heteroatoms. The highest BCUT2D eigenvalue weighted by atomic mass is 16.5. The summed E-state index contributed by atoms with van der Waals surface area (Å²) in [5.41, 5.74) is 16.3. The smallest absolute Gasteiger partial charge is 0.251 e. The van der Waals surface area contributed by atoms with E-state index in [-0.39, 0.29) is 13.4 Å². The summed E-state index contributed by atoms with van der Waals surface area (Å²) in [7, 11) is 0. The molecule has 0 N–H and O–H groups in total. The average molecular weight is 671 g/mol. The molecule has 12 rings (SSSR count). The van der Waals surface area contributed by atoms with Gasteiger partial charge < -0.3 is 9.30 Å². The molecule has 8 aromatic carbocycles. The third kappa shape index (κ3) is 3.70. The van der Waals surface area contributed by atoms with Crippen LogP contribution in [0.25, 0.3) is 27.5 Å². The molecule has 0 amide bonds. The minimum absolute atomic E-state index is 0.00454. The van der Waals surface area contributed by atoms with Crippen molar-refractivity contribution in [3.05, 3.63) is 210 Å². The molecule has 4 heterocycles. The maximum absolute atomic E-state index is 6.77. The second-order valence-corrected chi connectivity index (χ2v) is 14.7. The van der Waals surface area contributed by atoms with Gasteiger partial charge in [0.25, 0.3) is 6.71 Å². The molecule has 2 nitrogen and oxygen atoms in total. The molecule has 0 saturated carbocycles. The zero-order valence-corrected chi connectivity index (χ0v) is 28.9. The van der Waals surface area contributed by atoms with Crippen molar-refractivity contribution in [2.75, 3.05) is 0 Å². The number of nitrogens with zero attached hydrogens (tertiary/aromatic N) is 1. The van der Waals surface area contributed by atoms with E-state index in [1.807, 2.05) is 0 Å². The fourth-order valence-electron chi connectivity index (χ4n) is 10.4. The Hall–Kier alpha value is -6.51. The van der Waals surface area contributed by atoms with Gasteiger partial charge in [-0.1, -0.05) is 174 Å². The molecule has 0 radical (unpaired) electrons. The molecule has 1 aromatic heterocycles. The van der Waals surface area contributed by atoms with Crippen LogP contribution in [0.1, 0.15) is 22.3 Å². The van der Waals surface area contributed by atoms with E-state index in [0.29, 0.717) is 0 Å². The number of aromatic nitrogens is 1. The monoisotopic (exact) mass is 671 g/mol. The van der Waals surface area contributed by atoms with Gasteiger partial charge in [0.15, 0.2) is 0 Å². The molecule has 53 heavy (non-hydrogen) atoms. The summed E-state index contributed by atoms with van der Waals surface area (Å²) in [6.45, 7) is 0.0882. The number of para-hydroxylation sites is 4. The van der Waals surface area contributed by atoms with Crippen molar-refractivity contribution in [2.45, 2.75) is 5.41 Å². The quantitative estimate of drug-likeness (QED) is 0.182. The molecule has 3 aliphatic rings. The summed E-state index contributed by atoms with van der Waals surface area (Å²) in [4.78, 5) is 0. The first-order valence-electron chi connectivity index (χ1n) is 18.6. The van der Waals surface area contributed by atoms with Crippen LogP contribution in [0.5, 0.6) is 11.5 Å². The molecule has 1 spiro atoms. The van der Waals surface area contributed by atoms with Crippen LogP contribution in [0.3, 0.4) is 0 Å². The Bertz CT molecular complexity index is 2920. The van der Waals surface area contributed by atoms with Crippen LogP contribution in [0.15, 0.2) is 188 Å². The van der Waals surface area contributed by atoms with E-state index < -0.39 is 5.41 Å². The molecule has 0 bridgehead atoms. The van der Waals surface area contributed by atoms with Gasteiger partial charge in [-0.25, -0.2) is 0 Å². The second kappa shape index (κ2) is 10.8. The minimum atomic E-state index is -0.544. The predicted octanol–water partition coefficient (Wildman–Crippen LogP) is 6.93. The minimum Gasteiger partial charge on any atom is -0.458 e. The maximum Gasteiger partial charge on any atom is 0.251 e.